The van der Waals surface area contributed by atoms with Gasteiger partial charge in [0.1, 0.15) is 16.2 Å². The maximum Gasteiger partial charge on any atom is 0.320 e. The van der Waals surface area contributed by atoms with Gasteiger partial charge in [-0.25, -0.2) is 9.97 Å². The Morgan fingerprint density at radius 1 is 1.00 bits per heavy atom. The van der Waals surface area contributed by atoms with Gasteiger partial charge in [0.05, 0.1) is 10.9 Å². The highest BCUT2D eigenvalue weighted by Gasteiger charge is 2.21. The van der Waals surface area contributed by atoms with Crippen LogP contribution in [0.25, 0.3) is 10.6 Å². The second kappa shape index (κ2) is 5.60. The average molecular weight is 306 g/mol. The first-order valence-electron chi connectivity index (χ1n) is 6.71. The van der Waals surface area contributed by atoms with Crippen LogP contribution in [0.2, 0.25) is 0 Å². The zero-order valence-electron chi connectivity index (χ0n) is 13.2. The van der Waals surface area contributed by atoms with Gasteiger partial charge >= 0.3 is 6.01 Å². The molecule has 0 bridgehead atoms. The lowest BCUT2D eigenvalue weighted by molar-refractivity contribution is 0.103. The van der Waals surface area contributed by atoms with E-state index in [-0.39, 0.29) is 11.2 Å². The molecule has 113 valence electrons. The fourth-order valence-electron chi connectivity index (χ4n) is 1.51. The van der Waals surface area contributed by atoms with E-state index in [4.69, 9.17) is 9.47 Å². The summed E-state index contributed by atoms with van der Waals surface area (Å²) in [4.78, 5) is 12.9. The first kappa shape index (κ1) is 15.7. The maximum absolute atomic E-state index is 5.93. The third kappa shape index (κ3) is 4.67. The second-order valence-corrected chi connectivity index (χ2v) is 7.41. The minimum Gasteiger partial charge on any atom is -0.471 e. The van der Waals surface area contributed by atoms with Crippen LogP contribution in [-0.4, -0.2) is 26.2 Å². The highest BCUT2D eigenvalue weighted by Crippen LogP contribution is 2.32. The summed E-state index contributed by atoms with van der Waals surface area (Å²) < 4.78 is 11.6. The van der Waals surface area contributed by atoms with E-state index in [9.17, 15) is 0 Å². The van der Waals surface area contributed by atoms with Crippen molar-refractivity contribution in [2.75, 3.05) is 0 Å². The Morgan fingerprint density at radius 2 is 1.67 bits per heavy atom. The summed E-state index contributed by atoms with van der Waals surface area (Å²) in [6.45, 7) is 11.8. The molecule has 0 unspecified atom stereocenters. The molecule has 0 amide bonds. The summed E-state index contributed by atoms with van der Waals surface area (Å²) in [7, 11) is 0. The van der Waals surface area contributed by atoms with Crippen LogP contribution in [0, 0.1) is 5.38 Å². The Hall–Kier alpha value is -1.69. The molecule has 0 aliphatic heterocycles. The molecule has 2 rings (SSSR count). The van der Waals surface area contributed by atoms with Crippen LogP contribution in [0.4, 0.5) is 0 Å². The number of ether oxygens (including phenoxy) is 2. The molecular formula is C15H20N3O2S. The second-order valence-electron chi connectivity index (χ2n) is 6.58. The fraction of sp³-hybridized carbons (Fsp3) is 0.533. The summed E-state index contributed by atoms with van der Waals surface area (Å²) in [5.74, 6) is 0.472. The van der Waals surface area contributed by atoms with Gasteiger partial charge in [-0.3, -0.25) is 0 Å². The molecule has 0 N–H and O–H groups in total. The quantitative estimate of drug-likeness (QED) is 0.864. The van der Waals surface area contributed by atoms with Crippen LogP contribution in [0.5, 0.6) is 11.9 Å². The van der Waals surface area contributed by atoms with Crippen molar-refractivity contribution in [2.24, 2.45) is 0 Å². The first-order chi connectivity index (χ1) is 9.64. The molecular weight excluding hydrogens is 286 g/mol. The van der Waals surface area contributed by atoms with Crippen molar-refractivity contribution in [2.45, 2.75) is 52.7 Å². The predicted octanol–water partition coefficient (Wildman–Crippen LogP) is 3.75. The monoisotopic (exact) mass is 306 g/mol. The predicted molar refractivity (Wildman–Crippen MR) is 82.7 cm³/mol. The van der Waals surface area contributed by atoms with Gasteiger partial charge in [-0.2, -0.15) is 4.98 Å². The highest BCUT2D eigenvalue weighted by molar-refractivity contribution is 7.12. The van der Waals surface area contributed by atoms with Gasteiger partial charge in [-0.05, 0) is 41.5 Å². The lowest BCUT2D eigenvalue weighted by Gasteiger charge is -2.23. The molecule has 2 aromatic rings. The topological polar surface area (TPSA) is 57.1 Å². The zero-order valence-corrected chi connectivity index (χ0v) is 14.0. The van der Waals surface area contributed by atoms with Gasteiger partial charge in [-0.1, -0.05) is 0 Å². The molecule has 1 radical (unpaired) electrons. The van der Waals surface area contributed by atoms with Crippen molar-refractivity contribution >= 4 is 11.3 Å². The molecule has 0 atom stereocenters. The molecule has 0 saturated carbocycles. The number of aromatic nitrogens is 3. The van der Waals surface area contributed by atoms with Crippen LogP contribution >= 0.6 is 11.3 Å². The molecule has 0 spiro atoms. The molecule has 2 heterocycles. The van der Waals surface area contributed by atoms with Gasteiger partial charge in [0, 0.05) is 12.4 Å². The van der Waals surface area contributed by atoms with Gasteiger partial charge < -0.3 is 9.47 Å². The summed E-state index contributed by atoms with van der Waals surface area (Å²) in [6, 6.07) is 0.297. The maximum atomic E-state index is 5.93. The highest BCUT2D eigenvalue weighted by atomic mass is 32.1. The normalized spacial score (nSPS) is 12.3. The van der Waals surface area contributed by atoms with Crippen molar-refractivity contribution in [1.82, 2.24) is 15.0 Å². The van der Waals surface area contributed by atoms with Crippen LogP contribution in [0.3, 0.4) is 0 Å². The molecule has 21 heavy (non-hydrogen) atoms. The van der Waals surface area contributed by atoms with Crippen LogP contribution < -0.4 is 9.47 Å². The minimum absolute atomic E-state index is 0.297. The van der Waals surface area contributed by atoms with E-state index < -0.39 is 0 Å². The largest absolute Gasteiger partial charge is 0.471 e. The van der Waals surface area contributed by atoms with Crippen molar-refractivity contribution in [3.05, 3.63) is 17.8 Å². The molecule has 0 aliphatic carbocycles. The number of thiazole rings is 1. The van der Waals surface area contributed by atoms with Crippen LogP contribution in [-0.2, 0) is 0 Å². The fourth-order valence-corrected chi connectivity index (χ4v) is 2.08. The standard InChI is InChI=1S/C15H20N3O2S/c1-14(2,3)19-11-10(12-16-7-8-21-12)9-17-13(18-11)20-15(4,5)6/h7,9H,1-6H3. The molecule has 0 saturated heterocycles. The SMILES string of the molecule is CC(C)(C)Oc1ncc(-c2nc[c]s2)c(OC(C)(C)C)n1. The number of hydrogen-bond donors (Lipinski definition) is 0. The number of nitrogens with zero attached hydrogens (tertiary/aromatic N) is 3. The Bertz CT molecular complexity index is 598. The third-order valence-electron chi connectivity index (χ3n) is 2.15. The Labute approximate surface area is 129 Å². The molecule has 0 fully saturated rings. The third-order valence-corrected chi connectivity index (χ3v) is 2.89. The summed E-state index contributed by atoms with van der Waals surface area (Å²) in [5, 5.41) is 3.73. The van der Waals surface area contributed by atoms with E-state index in [1.54, 1.807) is 12.4 Å². The molecule has 0 aromatic carbocycles. The van der Waals surface area contributed by atoms with E-state index >= 15 is 0 Å². The summed E-state index contributed by atoms with van der Waals surface area (Å²) in [6.07, 6.45) is 3.31. The minimum atomic E-state index is -0.372. The van der Waals surface area contributed by atoms with Gasteiger partial charge in [0.2, 0.25) is 5.88 Å². The lowest BCUT2D eigenvalue weighted by atomic mass is 10.2. The van der Waals surface area contributed by atoms with Crippen molar-refractivity contribution in [3.63, 3.8) is 0 Å². The van der Waals surface area contributed by atoms with Crippen LogP contribution in [0.15, 0.2) is 12.4 Å². The first-order valence-corrected chi connectivity index (χ1v) is 7.53. The van der Waals surface area contributed by atoms with E-state index in [0.29, 0.717) is 11.9 Å². The summed E-state index contributed by atoms with van der Waals surface area (Å²) >= 11 is 1.40. The smallest absolute Gasteiger partial charge is 0.320 e. The van der Waals surface area contributed by atoms with Gasteiger partial charge in [0.25, 0.3) is 0 Å². The van der Waals surface area contributed by atoms with Crippen molar-refractivity contribution < 1.29 is 9.47 Å². The average Bonchev–Trinajstić information content (AvgIpc) is 2.78. The van der Waals surface area contributed by atoms with E-state index in [1.165, 1.54) is 11.3 Å². The van der Waals surface area contributed by atoms with Crippen molar-refractivity contribution in [1.29, 1.82) is 0 Å². The Balaban J connectivity index is 2.41. The zero-order chi connectivity index (χ0) is 15.7. The molecule has 6 heteroatoms. The molecule has 2 aromatic heterocycles. The Kier molecular flexibility index (Phi) is 4.18. The van der Waals surface area contributed by atoms with E-state index in [1.807, 2.05) is 41.5 Å². The molecule has 0 aliphatic rings. The van der Waals surface area contributed by atoms with Gasteiger partial charge in [-0.15, -0.1) is 11.3 Å². The van der Waals surface area contributed by atoms with Gasteiger partial charge in [0.15, 0.2) is 0 Å². The number of hydrogen-bond acceptors (Lipinski definition) is 6. The van der Waals surface area contributed by atoms with Crippen molar-refractivity contribution in [3.8, 4) is 22.5 Å². The Morgan fingerprint density at radius 3 is 2.19 bits per heavy atom. The van der Waals surface area contributed by atoms with E-state index in [2.05, 4.69) is 20.3 Å². The van der Waals surface area contributed by atoms with Crippen LogP contribution in [0.1, 0.15) is 41.5 Å². The summed E-state index contributed by atoms with van der Waals surface area (Å²) in [5.41, 5.74) is 0.0101. The number of rotatable bonds is 3. The molecule has 5 nitrogen and oxygen atoms in total. The van der Waals surface area contributed by atoms with E-state index in [0.717, 1.165) is 10.6 Å². The lowest BCUT2D eigenvalue weighted by Crippen LogP contribution is -2.26.